The molecule has 0 aromatic carbocycles. The molecule has 0 amide bonds. The van der Waals surface area contributed by atoms with Crippen molar-refractivity contribution in [3.8, 4) is 6.07 Å². The molecule has 1 heterocycles. The van der Waals surface area contributed by atoms with Gasteiger partial charge in [-0.2, -0.15) is 5.26 Å². The highest BCUT2D eigenvalue weighted by molar-refractivity contribution is 8.00. The van der Waals surface area contributed by atoms with Gasteiger partial charge in [-0.1, -0.05) is 37.1 Å². The number of allylic oxidation sites excluding steroid dienone is 1. The lowest BCUT2D eigenvalue weighted by atomic mass is 9.89. The van der Waals surface area contributed by atoms with Crippen LogP contribution in [-0.2, 0) is 6.54 Å². The number of nitriles is 1. The van der Waals surface area contributed by atoms with Crippen LogP contribution in [0.4, 0.5) is 0 Å². The zero-order valence-electron chi connectivity index (χ0n) is 11.4. The molecule has 0 saturated heterocycles. The molecule has 19 heavy (non-hydrogen) atoms. The van der Waals surface area contributed by atoms with Crippen molar-refractivity contribution < 1.29 is 0 Å². The van der Waals surface area contributed by atoms with E-state index in [0.717, 1.165) is 17.5 Å². The molecule has 0 unspecified atom stereocenters. The van der Waals surface area contributed by atoms with Crippen molar-refractivity contribution in [1.29, 1.82) is 5.26 Å². The molecular formula is C14H20N4S. The molecule has 2 rings (SSSR count). The summed E-state index contributed by atoms with van der Waals surface area (Å²) in [5.74, 6) is 1.60. The maximum absolute atomic E-state index is 8.92. The van der Waals surface area contributed by atoms with E-state index >= 15 is 0 Å². The molecule has 1 atom stereocenters. The second-order valence-corrected chi connectivity index (χ2v) is 6.27. The molecule has 1 aliphatic rings. The fraction of sp³-hybridized carbons (Fsp3) is 0.643. The molecule has 1 aliphatic carbocycles. The summed E-state index contributed by atoms with van der Waals surface area (Å²) in [6, 6.07) is 2.23. The molecule has 4 nitrogen and oxygen atoms in total. The first-order valence-electron chi connectivity index (χ1n) is 6.86. The summed E-state index contributed by atoms with van der Waals surface area (Å²) in [7, 11) is 0. The van der Waals surface area contributed by atoms with Gasteiger partial charge in [-0.05, 0) is 19.8 Å². The minimum Gasteiger partial charge on any atom is -0.302 e. The van der Waals surface area contributed by atoms with E-state index in [1.165, 1.54) is 43.9 Å². The summed E-state index contributed by atoms with van der Waals surface area (Å²) < 4.78 is 2.13. The van der Waals surface area contributed by atoms with E-state index in [9.17, 15) is 0 Å². The Morgan fingerprint density at radius 1 is 1.47 bits per heavy atom. The third-order valence-corrected chi connectivity index (χ3v) is 4.46. The first-order chi connectivity index (χ1) is 9.26. The fourth-order valence-electron chi connectivity index (χ4n) is 2.54. The summed E-state index contributed by atoms with van der Waals surface area (Å²) in [4.78, 5) is 0. The van der Waals surface area contributed by atoms with E-state index in [1.54, 1.807) is 0 Å². The number of hydrogen-bond donors (Lipinski definition) is 0. The number of rotatable bonds is 5. The summed E-state index contributed by atoms with van der Waals surface area (Å²) in [6.07, 6.45) is 8.17. The predicted molar refractivity (Wildman–Crippen MR) is 77.0 cm³/mol. The van der Waals surface area contributed by atoms with E-state index in [-0.39, 0.29) is 5.25 Å². The lowest BCUT2D eigenvalue weighted by molar-refractivity contribution is 0.415. The van der Waals surface area contributed by atoms with Crippen LogP contribution in [-0.4, -0.2) is 20.0 Å². The topological polar surface area (TPSA) is 54.5 Å². The monoisotopic (exact) mass is 276 g/mol. The molecule has 0 aliphatic heterocycles. The molecule has 102 valence electrons. The summed E-state index contributed by atoms with van der Waals surface area (Å²) in [6.45, 7) is 6.42. The van der Waals surface area contributed by atoms with Crippen LogP contribution in [0.3, 0.4) is 0 Å². The van der Waals surface area contributed by atoms with Crippen LogP contribution < -0.4 is 0 Å². The van der Waals surface area contributed by atoms with Gasteiger partial charge < -0.3 is 4.57 Å². The van der Waals surface area contributed by atoms with E-state index in [0.29, 0.717) is 5.92 Å². The van der Waals surface area contributed by atoms with Gasteiger partial charge in [0, 0.05) is 12.5 Å². The molecule has 1 fully saturated rings. The quantitative estimate of drug-likeness (QED) is 0.610. The van der Waals surface area contributed by atoms with Crippen LogP contribution in [0.2, 0.25) is 0 Å². The van der Waals surface area contributed by atoms with E-state index in [1.807, 2.05) is 13.0 Å². The number of aromatic nitrogens is 3. The number of thioether (sulfide) groups is 1. The minimum atomic E-state index is -0.105. The van der Waals surface area contributed by atoms with Gasteiger partial charge in [0.15, 0.2) is 5.16 Å². The highest BCUT2D eigenvalue weighted by atomic mass is 32.2. The molecule has 1 saturated carbocycles. The number of hydrogen-bond acceptors (Lipinski definition) is 4. The number of nitrogens with zero attached hydrogens (tertiary/aromatic N) is 4. The van der Waals surface area contributed by atoms with Crippen LogP contribution in [0.5, 0.6) is 0 Å². The minimum absolute atomic E-state index is 0.105. The van der Waals surface area contributed by atoms with E-state index in [2.05, 4.69) is 27.4 Å². The van der Waals surface area contributed by atoms with Gasteiger partial charge in [-0.15, -0.1) is 16.8 Å². The zero-order chi connectivity index (χ0) is 13.7. The van der Waals surface area contributed by atoms with Crippen molar-refractivity contribution >= 4 is 11.8 Å². The molecule has 5 heteroatoms. The van der Waals surface area contributed by atoms with Gasteiger partial charge in [0.05, 0.1) is 11.3 Å². The van der Waals surface area contributed by atoms with Gasteiger partial charge in [0.2, 0.25) is 0 Å². The lowest BCUT2D eigenvalue weighted by Crippen LogP contribution is -2.12. The van der Waals surface area contributed by atoms with Crippen LogP contribution in [0.25, 0.3) is 0 Å². The average Bonchev–Trinajstić information content (AvgIpc) is 2.83. The molecule has 0 bridgehead atoms. The fourth-order valence-corrected chi connectivity index (χ4v) is 3.29. The highest BCUT2D eigenvalue weighted by Crippen LogP contribution is 2.33. The van der Waals surface area contributed by atoms with Crippen molar-refractivity contribution in [3.63, 3.8) is 0 Å². The Morgan fingerprint density at radius 2 is 2.21 bits per heavy atom. The van der Waals surface area contributed by atoms with Crippen LogP contribution in [0, 0.1) is 11.3 Å². The first kappa shape index (κ1) is 14.1. The van der Waals surface area contributed by atoms with Crippen LogP contribution in [0.15, 0.2) is 17.8 Å². The van der Waals surface area contributed by atoms with Gasteiger partial charge >= 0.3 is 0 Å². The van der Waals surface area contributed by atoms with Crippen molar-refractivity contribution in [1.82, 2.24) is 14.8 Å². The Balaban J connectivity index is 2.22. The molecule has 0 spiro atoms. The van der Waals surface area contributed by atoms with Crippen LogP contribution in [0.1, 0.15) is 50.8 Å². The van der Waals surface area contributed by atoms with E-state index in [4.69, 9.17) is 5.26 Å². The standard InChI is InChI=1S/C14H20N4S/c1-3-9-18-13(12-7-5-4-6-8-12)16-17-14(18)19-11(2)10-15/h3,11-12H,1,4-9H2,2H3/t11-/m0/s1. The van der Waals surface area contributed by atoms with Crippen molar-refractivity contribution in [2.45, 2.75) is 61.9 Å². The van der Waals surface area contributed by atoms with Crippen molar-refractivity contribution in [3.05, 3.63) is 18.5 Å². The third kappa shape index (κ3) is 3.38. The smallest absolute Gasteiger partial charge is 0.192 e. The molecule has 0 N–H and O–H groups in total. The van der Waals surface area contributed by atoms with Crippen LogP contribution >= 0.6 is 11.8 Å². The molecular weight excluding hydrogens is 256 g/mol. The summed E-state index contributed by atoms with van der Waals surface area (Å²) in [5, 5.41) is 18.3. The van der Waals surface area contributed by atoms with E-state index < -0.39 is 0 Å². The highest BCUT2D eigenvalue weighted by Gasteiger charge is 2.23. The van der Waals surface area contributed by atoms with Gasteiger partial charge in [0.1, 0.15) is 5.82 Å². The Labute approximate surface area is 118 Å². The maximum Gasteiger partial charge on any atom is 0.192 e. The second-order valence-electron chi connectivity index (χ2n) is 4.96. The average molecular weight is 276 g/mol. The second kappa shape index (κ2) is 6.76. The molecule has 1 aromatic heterocycles. The first-order valence-corrected chi connectivity index (χ1v) is 7.74. The van der Waals surface area contributed by atoms with Crippen molar-refractivity contribution in [2.24, 2.45) is 0 Å². The third-order valence-electron chi connectivity index (χ3n) is 3.49. The zero-order valence-corrected chi connectivity index (χ0v) is 12.2. The van der Waals surface area contributed by atoms with Gasteiger partial charge in [-0.25, -0.2) is 0 Å². The van der Waals surface area contributed by atoms with Gasteiger partial charge in [0.25, 0.3) is 0 Å². The Bertz CT molecular complexity index is 468. The predicted octanol–water partition coefficient (Wildman–Crippen LogP) is 3.52. The van der Waals surface area contributed by atoms with Crippen molar-refractivity contribution in [2.75, 3.05) is 0 Å². The Kier molecular flexibility index (Phi) is 5.03. The maximum atomic E-state index is 8.92. The SMILES string of the molecule is C=CCn1c(S[C@@H](C)C#N)nnc1C1CCCCC1. The Morgan fingerprint density at radius 3 is 2.84 bits per heavy atom. The normalized spacial score (nSPS) is 17.9. The molecule has 1 aromatic rings. The Hall–Kier alpha value is -1.28. The largest absolute Gasteiger partial charge is 0.302 e. The summed E-state index contributed by atoms with van der Waals surface area (Å²) >= 11 is 1.48. The molecule has 0 radical (unpaired) electrons. The lowest BCUT2D eigenvalue weighted by Gasteiger charge is -2.21. The van der Waals surface area contributed by atoms with Gasteiger partial charge in [-0.3, -0.25) is 0 Å². The summed E-state index contributed by atoms with van der Waals surface area (Å²) in [5.41, 5.74) is 0.